The summed E-state index contributed by atoms with van der Waals surface area (Å²) in [6.07, 6.45) is 3.39. The van der Waals surface area contributed by atoms with Gasteiger partial charge in [-0.25, -0.2) is 0 Å². The summed E-state index contributed by atoms with van der Waals surface area (Å²) in [5.41, 5.74) is 1.35. The van der Waals surface area contributed by atoms with Crippen LogP contribution < -0.4 is 5.32 Å². The molecule has 2 rings (SSSR count). The average Bonchev–Trinajstić information content (AvgIpc) is 2.46. The molecule has 0 aliphatic heterocycles. The molecule has 1 amide bonds. The topological polar surface area (TPSA) is 42.0 Å². The van der Waals surface area contributed by atoms with Gasteiger partial charge in [0.25, 0.3) is 5.91 Å². The lowest BCUT2D eigenvalue weighted by molar-refractivity contribution is 0.0954. The second-order valence-corrected chi connectivity index (χ2v) is 5.05. The highest BCUT2D eigenvalue weighted by atomic mass is 35.5. The number of para-hydroxylation sites is 1. The van der Waals surface area contributed by atoms with E-state index in [0.717, 1.165) is 23.7 Å². The van der Waals surface area contributed by atoms with E-state index in [4.69, 9.17) is 11.6 Å². The van der Waals surface area contributed by atoms with Gasteiger partial charge in [-0.05, 0) is 25.0 Å². The van der Waals surface area contributed by atoms with Crippen LogP contribution in [0.25, 0.3) is 10.9 Å². The summed E-state index contributed by atoms with van der Waals surface area (Å²) in [6.45, 7) is 2.62. The largest absolute Gasteiger partial charge is 0.352 e. The molecule has 1 atom stereocenters. The van der Waals surface area contributed by atoms with Crippen molar-refractivity contribution in [3.63, 3.8) is 0 Å². The molecule has 0 aliphatic rings. The van der Waals surface area contributed by atoms with Crippen molar-refractivity contribution >= 4 is 28.4 Å². The third kappa shape index (κ3) is 3.44. The zero-order valence-electron chi connectivity index (χ0n) is 10.9. The molecule has 0 bridgehead atoms. The Labute approximate surface area is 118 Å². The second-order valence-electron chi connectivity index (χ2n) is 4.43. The summed E-state index contributed by atoms with van der Waals surface area (Å²) in [4.78, 5) is 16.4. The van der Waals surface area contributed by atoms with Crippen LogP contribution in [0.1, 0.15) is 30.1 Å². The van der Waals surface area contributed by atoms with E-state index in [9.17, 15) is 4.79 Å². The van der Waals surface area contributed by atoms with Crippen molar-refractivity contribution in [3.8, 4) is 0 Å². The Morgan fingerprint density at radius 2 is 2.16 bits per heavy atom. The molecule has 4 heteroatoms. The molecule has 0 radical (unpaired) electrons. The summed E-state index contributed by atoms with van der Waals surface area (Å²) in [6, 6.07) is 9.43. The van der Waals surface area contributed by atoms with Crippen LogP contribution in [0.15, 0.2) is 36.5 Å². The van der Waals surface area contributed by atoms with Gasteiger partial charge in [0.15, 0.2) is 0 Å². The Hall–Kier alpha value is -1.61. The minimum absolute atomic E-state index is 0.0933. The third-order valence-corrected chi connectivity index (χ3v) is 3.59. The summed E-state index contributed by atoms with van der Waals surface area (Å²) < 4.78 is 0. The van der Waals surface area contributed by atoms with Crippen LogP contribution in [0.3, 0.4) is 0 Å². The lowest BCUT2D eigenvalue weighted by Crippen LogP contribution is -2.26. The van der Waals surface area contributed by atoms with Gasteiger partial charge < -0.3 is 5.32 Å². The van der Waals surface area contributed by atoms with Gasteiger partial charge in [0, 0.05) is 23.5 Å². The van der Waals surface area contributed by atoms with Crippen LogP contribution >= 0.6 is 11.6 Å². The van der Waals surface area contributed by atoms with Crippen LogP contribution in [0.2, 0.25) is 0 Å². The summed E-state index contributed by atoms with van der Waals surface area (Å²) in [7, 11) is 0. The predicted molar refractivity (Wildman–Crippen MR) is 78.6 cm³/mol. The first kappa shape index (κ1) is 13.8. The molecule has 3 nitrogen and oxygen atoms in total. The van der Waals surface area contributed by atoms with E-state index >= 15 is 0 Å². The minimum atomic E-state index is -0.0933. The molecule has 0 spiro atoms. The number of nitrogens with zero attached hydrogens (tertiary/aromatic N) is 1. The maximum absolute atomic E-state index is 12.1. The Morgan fingerprint density at radius 3 is 2.95 bits per heavy atom. The number of hydrogen-bond donors (Lipinski definition) is 1. The SMILES string of the molecule is CCC(Cl)CCNC(=O)c1cccc2cccnc12. The number of halogens is 1. The zero-order chi connectivity index (χ0) is 13.7. The van der Waals surface area contributed by atoms with Crippen LogP contribution in [0.4, 0.5) is 0 Å². The third-order valence-electron chi connectivity index (χ3n) is 3.06. The Balaban J connectivity index is 2.09. The average molecular weight is 277 g/mol. The van der Waals surface area contributed by atoms with Crippen molar-refractivity contribution < 1.29 is 4.79 Å². The maximum atomic E-state index is 12.1. The van der Waals surface area contributed by atoms with Gasteiger partial charge in [0.05, 0.1) is 11.1 Å². The first-order valence-corrected chi connectivity index (χ1v) is 6.92. The molecule has 1 aromatic heterocycles. The smallest absolute Gasteiger partial charge is 0.253 e. The Morgan fingerprint density at radius 1 is 1.37 bits per heavy atom. The monoisotopic (exact) mass is 276 g/mol. The molecule has 1 aromatic carbocycles. The maximum Gasteiger partial charge on any atom is 0.253 e. The molecule has 1 N–H and O–H groups in total. The number of nitrogens with one attached hydrogen (secondary N) is 1. The normalized spacial score (nSPS) is 12.3. The first-order chi connectivity index (χ1) is 9.22. The molecular formula is C15H17ClN2O. The molecule has 0 saturated heterocycles. The fourth-order valence-electron chi connectivity index (χ4n) is 1.93. The number of rotatable bonds is 5. The molecule has 0 aliphatic carbocycles. The van der Waals surface area contributed by atoms with E-state index in [-0.39, 0.29) is 11.3 Å². The van der Waals surface area contributed by atoms with Crippen molar-refractivity contribution in [2.24, 2.45) is 0 Å². The molecule has 1 heterocycles. The molecular weight excluding hydrogens is 260 g/mol. The predicted octanol–water partition coefficient (Wildman–Crippen LogP) is 3.37. The number of carbonyl (C=O) groups excluding carboxylic acids is 1. The number of carbonyl (C=O) groups is 1. The molecule has 19 heavy (non-hydrogen) atoms. The summed E-state index contributed by atoms with van der Waals surface area (Å²) in [5, 5.41) is 3.98. The molecule has 0 fully saturated rings. The van der Waals surface area contributed by atoms with Crippen LogP contribution in [-0.4, -0.2) is 22.8 Å². The van der Waals surface area contributed by atoms with E-state index in [0.29, 0.717) is 12.1 Å². The van der Waals surface area contributed by atoms with E-state index in [1.807, 2.05) is 31.2 Å². The van der Waals surface area contributed by atoms with E-state index in [1.54, 1.807) is 12.3 Å². The van der Waals surface area contributed by atoms with Crippen LogP contribution in [0.5, 0.6) is 0 Å². The van der Waals surface area contributed by atoms with Crippen LogP contribution in [0, 0.1) is 0 Å². The molecule has 100 valence electrons. The molecule has 1 unspecified atom stereocenters. The first-order valence-electron chi connectivity index (χ1n) is 6.48. The van der Waals surface area contributed by atoms with Crippen molar-refractivity contribution in [1.29, 1.82) is 0 Å². The van der Waals surface area contributed by atoms with E-state index in [2.05, 4.69) is 10.3 Å². The van der Waals surface area contributed by atoms with Gasteiger partial charge in [-0.15, -0.1) is 11.6 Å². The lowest BCUT2D eigenvalue weighted by atomic mass is 10.1. The van der Waals surface area contributed by atoms with Gasteiger partial charge in [-0.3, -0.25) is 9.78 Å². The zero-order valence-corrected chi connectivity index (χ0v) is 11.7. The molecule has 2 aromatic rings. The fraction of sp³-hybridized carbons (Fsp3) is 0.333. The van der Waals surface area contributed by atoms with Crippen molar-refractivity contribution in [1.82, 2.24) is 10.3 Å². The number of pyridine rings is 1. The van der Waals surface area contributed by atoms with Gasteiger partial charge >= 0.3 is 0 Å². The van der Waals surface area contributed by atoms with Gasteiger partial charge in [0.1, 0.15) is 0 Å². The number of fused-ring (bicyclic) bond motifs is 1. The number of benzene rings is 1. The van der Waals surface area contributed by atoms with Crippen LogP contribution in [-0.2, 0) is 0 Å². The van der Waals surface area contributed by atoms with Gasteiger partial charge in [0.2, 0.25) is 0 Å². The van der Waals surface area contributed by atoms with E-state index < -0.39 is 0 Å². The highest BCUT2D eigenvalue weighted by Crippen LogP contribution is 2.15. The quantitative estimate of drug-likeness (QED) is 0.851. The summed E-state index contributed by atoms with van der Waals surface area (Å²) in [5.74, 6) is -0.0933. The fourth-order valence-corrected chi connectivity index (χ4v) is 2.04. The standard InChI is InChI=1S/C15H17ClN2O/c1-2-12(16)8-10-18-15(19)13-7-3-5-11-6-4-9-17-14(11)13/h3-7,9,12H,2,8,10H2,1H3,(H,18,19). The van der Waals surface area contributed by atoms with Crippen molar-refractivity contribution in [2.45, 2.75) is 25.1 Å². The number of amides is 1. The minimum Gasteiger partial charge on any atom is -0.352 e. The number of aromatic nitrogens is 1. The summed E-state index contributed by atoms with van der Waals surface area (Å²) >= 11 is 6.03. The van der Waals surface area contributed by atoms with Gasteiger partial charge in [-0.2, -0.15) is 0 Å². The Kier molecular flexibility index (Phi) is 4.74. The Bertz CT molecular complexity index is 566. The highest BCUT2D eigenvalue weighted by molar-refractivity contribution is 6.20. The number of alkyl halides is 1. The van der Waals surface area contributed by atoms with Crippen molar-refractivity contribution in [3.05, 3.63) is 42.1 Å². The van der Waals surface area contributed by atoms with E-state index in [1.165, 1.54) is 0 Å². The highest BCUT2D eigenvalue weighted by Gasteiger charge is 2.10. The molecule has 0 saturated carbocycles. The van der Waals surface area contributed by atoms with Gasteiger partial charge in [-0.1, -0.05) is 25.1 Å². The lowest BCUT2D eigenvalue weighted by Gasteiger charge is -2.09. The number of hydrogen-bond acceptors (Lipinski definition) is 2. The second kappa shape index (κ2) is 6.53. The van der Waals surface area contributed by atoms with Crippen molar-refractivity contribution in [2.75, 3.05) is 6.54 Å².